The lowest BCUT2D eigenvalue weighted by Gasteiger charge is -2.06. The number of para-hydroxylation sites is 2. The van der Waals surface area contributed by atoms with Gasteiger partial charge in [-0.15, -0.1) is 0 Å². The second kappa shape index (κ2) is 6.15. The van der Waals surface area contributed by atoms with Crippen molar-refractivity contribution in [3.8, 4) is 0 Å². The van der Waals surface area contributed by atoms with Crippen molar-refractivity contribution < 1.29 is 13.2 Å². The van der Waals surface area contributed by atoms with Gasteiger partial charge in [-0.1, -0.05) is 24.3 Å². The van der Waals surface area contributed by atoms with E-state index in [0.29, 0.717) is 11.0 Å². The lowest BCUT2D eigenvalue weighted by molar-refractivity contribution is -0.137. The van der Waals surface area contributed by atoms with Crippen molar-refractivity contribution in [1.82, 2.24) is 9.97 Å². The van der Waals surface area contributed by atoms with Crippen molar-refractivity contribution >= 4 is 23.1 Å². The van der Waals surface area contributed by atoms with E-state index in [1.54, 1.807) is 24.3 Å². The number of hydrogen-bond acceptors (Lipinski definition) is 4. The Morgan fingerprint density at radius 1 is 1.12 bits per heavy atom. The van der Waals surface area contributed by atoms with Crippen LogP contribution in [0.3, 0.4) is 0 Å². The Morgan fingerprint density at radius 3 is 2.71 bits per heavy atom. The average Bonchev–Trinajstić information content (AvgIpc) is 2.55. The van der Waals surface area contributed by atoms with Crippen molar-refractivity contribution in [2.45, 2.75) is 6.18 Å². The maximum atomic E-state index is 12.6. The molecule has 3 aromatic rings. The first-order chi connectivity index (χ1) is 11.4. The number of nitrogens with one attached hydrogen (secondary N) is 2. The Balaban J connectivity index is 1.82. The van der Waals surface area contributed by atoms with Crippen LogP contribution in [-0.2, 0) is 6.18 Å². The highest BCUT2D eigenvalue weighted by Crippen LogP contribution is 2.29. The summed E-state index contributed by atoms with van der Waals surface area (Å²) in [5.41, 5.74) is 2.59. The van der Waals surface area contributed by atoms with Gasteiger partial charge in [0.2, 0.25) is 5.82 Å². The van der Waals surface area contributed by atoms with Gasteiger partial charge in [-0.2, -0.15) is 18.3 Å². The highest BCUT2D eigenvalue weighted by molar-refractivity contribution is 5.80. The van der Waals surface area contributed by atoms with E-state index in [1.165, 1.54) is 18.3 Å². The molecular weight excluding hydrogens is 321 g/mol. The molecule has 2 aromatic carbocycles. The molecule has 0 atom stereocenters. The normalized spacial score (nSPS) is 12.0. The van der Waals surface area contributed by atoms with E-state index in [1.807, 2.05) is 0 Å². The van der Waals surface area contributed by atoms with Crippen LogP contribution >= 0.6 is 0 Å². The first-order valence-electron chi connectivity index (χ1n) is 6.89. The average molecular weight is 332 g/mol. The molecule has 0 spiro atoms. The van der Waals surface area contributed by atoms with Crippen LogP contribution in [0.4, 0.5) is 19.0 Å². The van der Waals surface area contributed by atoms with Crippen molar-refractivity contribution in [2.24, 2.45) is 5.10 Å². The van der Waals surface area contributed by atoms with Gasteiger partial charge in [0.15, 0.2) is 0 Å². The molecule has 0 amide bonds. The zero-order valence-electron chi connectivity index (χ0n) is 12.1. The summed E-state index contributed by atoms with van der Waals surface area (Å²) in [6, 6.07) is 11.6. The third kappa shape index (κ3) is 3.43. The minimum absolute atomic E-state index is 0.0445. The summed E-state index contributed by atoms with van der Waals surface area (Å²) in [7, 11) is 0. The van der Waals surface area contributed by atoms with Crippen LogP contribution in [-0.4, -0.2) is 16.2 Å². The predicted molar refractivity (Wildman–Crippen MR) is 85.0 cm³/mol. The largest absolute Gasteiger partial charge is 0.416 e. The number of H-pyrrole nitrogens is 1. The van der Waals surface area contributed by atoms with Gasteiger partial charge in [0.05, 0.1) is 22.8 Å². The first kappa shape index (κ1) is 15.7. The van der Waals surface area contributed by atoms with Gasteiger partial charge in [0.25, 0.3) is 5.56 Å². The third-order valence-electron chi connectivity index (χ3n) is 3.20. The second-order valence-corrected chi connectivity index (χ2v) is 4.92. The molecule has 1 aromatic heterocycles. The number of anilines is 1. The Hall–Kier alpha value is -3.16. The number of aromatic amines is 1. The molecule has 0 aliphatic heterocycles. The standard InChI is InChI=1S/C16H11F3N4O/c17-16(18,19)11-5-3-4-10(8-11)9-20-23-14-15(24)22-13-7-2-1-6-12(13)21-14/h1-9H,(H,21,23)(H,22,24). The number of alkyl halides is 3. The van der Waals surface area contributed by atoms with Crippen molar-refractivity contribution in [1.29, 1.82) is 0 Å². The molecule has 3 rings (SSSR count). The van der Waals surface area contributed by atoms with Crippen LogP contribution < -0.4 is 11.0 Å². The minimum atomic E-state index is -4.42. The number of rotatable bonds is 3. The SMILES string of the molecule is O=c1[nH]c2ccccc2nc1NN=Cc1cccc(C(F)(F)F)c1. The fourth-order valence-corrected chi connectivity index (χ4v) is 2.07. The zero-order valence-corrected chi connectivity index (χ0v) is 12.1. The minimum Gasteiger partial charge on any atom is -0.317 e. The zero-order chi connectivity index (χ0) is 17.2. The number of aromatic nitrogens is 2. The predicted octanol–water partition coefficient (Wildman–Crippen LogP) is 3.39. The fraction of sp³-hybridized carbons (Fsp3) is 0.0625. The molecule has 2 N–H and O–H groups in total. The third-order valence-corrected chi connectivity index (χ3v) is 3.20. The van der Waals surface area contributed by atoms with Crippen LogP contribution in [0.15, 0.2) is 58.4 Å². The van der Waals surface area contributed by atoms with Gasteiger partial charge < -0.3 is 4.98 Å². The van der Waals surface area contributed by atoms with Crippen molar-refractivity contribution in [3.05, 3.63) is 70.0 Å². The Bertz CT molecular complexity index is 963. The maximum absolute atomic E-state index is 12.6. The summed E-state index contributed by atoms with van der Waals surface area (Å²) in [5, 5.41) is 3.78. The van der Waals surface area contributed by atoms with E-state index in [4.69, 9.17) is 0 Å². The van der Waals surface area contributed by atoms with E-state index in [-0.39, 0.29) is 11.4 Å². The molecular formula is C16H11F3N4O. The molecule has 0 saturated heterocycles. The highest BCUT2D eigenvalue weighted by Gasteiger charge is 2.30. The van der Waals surface area contributed by atoms with Gasteiger partial charge in [-0.3, -0.25) is 10.2 Å². The topological polar surface area (TPSA) is 70.1 Å². The smallest absolute Gasteiger partial charge is 0.317 e. The summed E-state index contributed by atoms with van der Waals surface area (Å²) >= 11 is 0. The summed E-state index contributed by atoms with van der Waals surface area (Å²) in [6.45, 7) is 0. The lowest BCUT2D eigenvalue weighted by Crippen LogP contribution is -2.13. The van der Waals surface area contributed by atoms with Gasteiger partial charge in [0.1, 0.15) is 0 Å². The highest BCUT2D eigenvalue weighted by atomic mass is 19.4. The second-order valence-electron chi connectivity index (χ2n) is 4.92. The Kier molecular flexibility index (Phi) is 4.03. The Morgan fingerprint density at radius 2 is 1.92 bits per heavy atom. The monoisotopic (exact) mass is 332 g/mol. The molecule has 8 heteroatoms. The first-order valence-corrected chi connectivity index (χ1v) is 6.89. The number of nitrogens with zero attached hydrogens (tertiary/aromatic N) is 2. The number of fused-ring (bicyclic) bond motifs is 1. The van der Waals surface area contributed by atoms with E-state index in [2.05, 4.69) is 20.5 Å². The molecule has 0 radical (unpaired) electrons. The number of hydrogen-bond donors (Lipinski definition) is 2. The van der Waals surface area contributed by atoms with Crippen molar-refractivity contribution in [3.63, 3.8) is 0 Å². The van der Waals surface area contributed by atoms with Gasteiger partial charge in [-0.05, 0) is 29.8 Å². The van der Waals surface area contributed by atoms with E-state index in [0.717, 1.165) is 12.1 Å². The molecule has 24 heavy (non-hydrogen) atoms. The molecule has 0 aliphatic rings. The lowest BCUT2D eigenvalue weighted by atomic mass is 10.1. The van der Waals surface area contributed by atoms with E-state index in [9.17, 15) is 18.0 Å². The summed E-state index contributed by atoms with van der Waals surface area (Å²) in [6.07, 6.45) is -3.24. The molecule has 0 fully saturated rings. The van der Waals surface area contributed by atoms with Gasteiger partial charge in [0, 0.05) is 0 Å². The summed E-state index contributed by atoms with van der Waals surface area (Å²) < 4.78 is 37.9. The quantitative estimate of drug-likeness (QED) is 0.570. The molecule has 0 aliphatic carbocycles. The molecule has 122 valence electrons. The number of halogens is 3. The molecule has 0 unspecified atom stereocenters. The van der Waals surface area contributed by atoms with Crippen LogP contribution in [0.25, 0.3) is 11.0 Å². The fourth-order valence-electron chi connectivity index (χ4n) is 2.07. The number of hydrazone groups is 1. The molecule has 5 nitrogen and oxygen atoms in total. The summed E-state index contributed by atoms with van der Waals surface area (Å²) in [5.74, 6) is -0.0445. The van der Waals surface area contributed by atoms with Crippen LogP contribution in [0.2, 0.25) is 0 Å². The molecule has 0 saturated carbocycles. The van der Waals surface area contributed by atoms with E-state index >= 15 is 0 Å². The molecule has 1 heterocycles. The molecule has 0 bridgehead atoms. The Labute approximate surface area is 133 Å². The van der Waals surface area contributed by atoms with E-state index < -0.39 is 17.3 Å². The summed E-state index contributed by atoms with van der Waals surface area (Å²) in [4.78, 5) is 18.6. The number of benzene rings is 2. The van der Waals surface area contributed by atoms with Crippen molar-refractivity contribution in [2.75, 3.05) is 5.43 Å². The maximum Gasteiger partial charge on any atom is 0.416 e. The van der Waals surface area contributed by atoms with Crippen LogP contribution in [0.1, 0.15) is 11.1 Å². The van der Waals surface area contributed by atoms with Gasteiger partial charge in [-0.25, -0.2) is 4.98 Å². The van der Waals surface area contributed by atoms with Crippen LogP contribution in [0, 0.1) is 0 Å². The van der Waals surface area contributed by atoms with Gasteiger partial charge >= 0.3 is 6.18 Å². The van der Waals surface area contributed by atoms with Crippen LogP contribution in [0.5, 0.6) is 0 Å².